The molecule has 0 saturated heterocycles. The highest BCUT2D eigenvalue weighted by atomic mass is 16.6. The van der Waals surface area contributed by atoms with Crippen LogP contribution in [0, 0.1) is 0 Å². The third-order valence-electron chi connectivity index (χ3n) is 6.04. The van der Waals surface area contributed by atoms with Gasteiger partial charge in [0.1, 0.15) is 40.8 Å². The molecule has 0 aliphatic carbocycles. The summed E-state index contributed by atoms with van der Waals surface area (Å²) in [6.07, 6.45) is -3.68. The molecular weight excluding hydrogens is 764 g/mol. The van der Waals surface area contributed by atoms with Crippen LogP contribution in [-0.2, 0) is 47.7 Å². The molecule has 0 aliphatic rings. The lowest BCUT2D eigenvalue weighted by molar-refractivity contribution is -0.157. The SMILES string of the molecule is CC(C)(C)OC(=O)CC(C=O)NC(=O)OC(C)(C)C.CNCCNC(=O)C(CC(=O)OC(C)(C)C)NC(=O)OC(C)(C)C.CNCCNC(=O)CCC(O)C(O)C=O. The standard InChI is InChI=1S/C16H31N3O5.C13H23NO5.C9H18N2O4/c1-15(2,3)23-12(20)10-11(13(21)18-9-8-17-7)19-14(22)24-16(4,5)6;1-12(2,3)18-10(16)7-9(8-15)14-11(17)19-13(4,5)6;1-10-4-5-11-9(15)3-2-7(13)8(14)6-12/h11,17H,8-10H2,1-7H3,(H,18,21)(H,19,22);8-9H,7H2,1-6H3,(H,14,17);6-8,10,13-14H,2-5H2,1H3,(H,11,15). The Labute approximate surface area is 343 Å². The van der Waals surface area contributed by atoms with Crippen molar-refractivity contribution in [3.05, 3.63) is 0 Å². The molecule has 0 aliphatic heterocycles. The van der Waals surface area contributed by atoms with Gasteiger partial charge in [-0.2, -0.15) is 0 Å². The molecule has 0 radical (unpaired) electrons. The number of nitrogens with one attached hydrogen (secondary N) is 6. The maximum absolute atomic E-state index is 12.2. The van der Waals surface area contributed by atoms with Crippen LogP contribution < -0.4 is 31.9 Å². The number of carbonyl (C=O) groups is 8. The molecule has 58 heavy (non-hydrogen) atoms. The van der Waals surface area contributed by atoms with Gasteiger partial charge in [-0.15, -0.1) is 0 Å². The Morgan fingerprint density at radius 1 is 0.569 bits per heavy atom. The maximum atomic E-state index is 12.2. The van der Waals surface area contributed by atoms with Crippen LogP contribution in [0.3, 0.4) is 0 Å². The van der Waals surface area contributed by atoms with Crippen LogP contribution in [0.5, 0.6) is 0 Å². The quantitative estimate of drug-likeness (QED) is 0.0386. The fourth-order valence-corrected chi connectivity index (χ4v) is 3.75. The summed E-state index contributed by atoms with van der Waals surface area (Å²) in [6, 6.07) is -2.02. The zero-order chi connectivity index (χ0) is 45.9. The summed E-state index contributed by atoms with van der Waals surface area (Å²) in [5, 5.41) is 33.8. The number of aliphatic hydroxyl groups is 2. The lowest BCUT2D eigenvalue weighted by Gasteiger charge is -2.24. The molecule has 0 saturated carbocycles. The summed E-state index contributed by atoms with van der Waals surface area (Å²) < 4.78 is 20.4. The fraction of sp³-hybridized carbons (Fsp3) is 0.789. The van der Waals surface area contributed by atoms with Gasteiger partial charge in [-0.25, -0.2) is 9.59 Å². The molecule has 0 heterocycles. The summed E-state index contributed by atoms with van der Waals surface area (Å²) in [5.74, 6) is -1.81. The molecule has 20 heteroatoms. The van der Waals surface area contributed by atoms with Crippen LogP contribution in [0.1, 0.15) is 109 Å². The summed E-state index contributed by atoms with van der Waals surface area (Å²) in [4.78, 5) is 91.1. The fourth-order valence-electron chi connectivity index (χ4n) is 3.75. The molecular formula is C38H72N6O14. The summed E-state index contributed by atoms with van der Waals surface area (Å²) in [7, 11) is 3.53. The van der Waals surface area contributed by atoms with E-state index in [4.69, 9.17) is 29.2 Å². The van der Waals surface area contributed by atoms with Crippen molar-refractivity contribution in [2.24, 2.45) is 0 Å². The van der Waals surface area contributed by atoms with E-state index in [0.717, 1.165) is 0 Å². The van der Waals surface area contributed by atoms with Crippen LogP contribution >= 0.6 is 0 Å². The molecule has 4 unspecified atom stereocenters. The number of aliphatic hydroxyl groups excluding tert-OH is 2. The molecule has 0 aromatic carbocycles. The van der Waals surface area contributed by atoms with E-state index in [1.54, 1.807) is 97.2 Å². The van der Waals surface area contributed by atoms with Crippen LogP contribution in [0.15, 0.2) is 0 Å². The molecule has 0 fully saturated rings. The van der Waals surface area contributed by atoms with Crippen LogP contribution in [0.25, 0.3) is 0 Å². The van der Waals surface area contributed by atoms with E-state index in [2.05, 4.69) is 31.9 Å². The van der Waals surface area contributed by atoms with Crippen molar-refractivity contribution in [1.29, 1.82) is 0 Å². The molecule has 0 bridgehead atoms. The number of rotatable bonds is 19. The largest absolute Gasteiger partial charge is 0.460 e. The molecule has 8 N–H and O–H groups in total. The number of amides is 4. The van der Waals surface area contributed by atoms with Gasteiger partial charge in [0.05, 0.1) is 25.0 Å². The van der Waals surface area contributed by atoms with E-state index < -0.39 is 76.7 Å². The Balaban J connectivity index is -0.000000805. The van der Waals surface area contributed by atoms with Gasteiger partial charge in [-0.1, -0.05) is 0 Å². The first kappa shape index (κ1) is 57.9. The first-order chi connectivity index (χ1) is 26.4. The second kappa shape index (κ2) is 28.9. The van der Waals surface area contributed by atoms with Gasteiger partial charge in [0.2, 0.25) is 11.8 Å². The molecule has 4 amide bonds. The molecule has 0 spiro atoms. The van der Waals surface area contributed by atoms with Crippen LogP contribution in [0.4, 0.5) is 9.59 Å². The Morgan fingerprint density at radius 2 is 0.983 bits per heavy atom. The number of hydrogen-bond acceptors (Lipinski definition) is 16. The second-order valence-corrected chi connectivity index (χ2v) is 16.7. The Hall–Kier alpha value is -4.40. The smallest absolute Gasteiger partial charge is 0.408 e. The van der Waals surface area contributed by atoms with E-state index >= 15 is 0 Å². The van der Waals surface area contributed by atoms with Crippen LogP contribution in [0.2, 0.25) is 0 Å². The zero-order valence-corrected chi connectivity index (χ0v) is 36.9. The molecule has 0 rings (SSSR count). The van der Waals surface area contributed by atoms with Crippen molar-refractivity contribution in [1.82, 2.24) is 31.9 Å². The van der Waals surface area contributed by atoms with Crippen LogP contribution in [-0.4, -0.2) is 146 Å². The highest BCUT2D eigenvalue weighted by Crippen LogP contribution is 2.12. The molecule has 0 aromatic rings. The predicted octanol–water partition coefficient (Wildman–Crippen LogP) is 0.780. The summed E-state index contributed by atoms with van der Waals surface area (Å²) in [5.41, 5.74) is -2.67. The van der Waals surface area contributed by atoms with Gasteiger partial charge in [0, 0.05) is 32.6 Å². The Bertz CT molecular complexity index is 1210. The average molecular weight is 837 g/mol. The third-order valence-corrected chi connectivity index (χ3v) is 6.04. The van der Waals surface area contributed by atoms with Crippen molar-refractivity contribution in [2.75, 3.05) is 40.3 Å². The predicted molar refractivity (Wildman–Crippen MR) is 214 cm³/mol. The summed E-state index contributed by atoms with van der Waals surface area (Å²) in [6.45, 7) is 22.7. The lowest BCUT2D eigenvalue weighted by atomic mass is 10.1. The van der Waals surface area contributed by atoms with Gasteiger partial charge >= 0.3 is 24.1 Å². The maximum Gasteiger partial charge on any atom is 0.408 e. The molecule has 20 nitrogen and oxygen atoms in total. The normalized spacial score (nSPS) is 13.4. The minimum atomic E-state index is -1.41. The third kappa shape index (κ3) is 38.5. The molecule has 0 aromatic heterocycles. The second-order valence-electron chi connectivity index (χ2n) is 16.7. The van der Waals surface area contributed by atoms with Gasteiger partial charge in [-0.3, -0.25) is 19.2 Å². The minimum absolute atomic E-state index is 0.0747. The van der Waals surface area contributed by atoms with E-state index in [1.165, 1.54) is 0 Å². The highest BCUT2D eigenvalue weighted by Gasteiger charge is 2.29. The number of alkyl carbamates (subject to hydrolysis) is 2. The topological polar surface area (TPSA) is 286 Å². The summed E-state index contributed by atoms with van der Waals surface area (Å²) >= 11 is 0. The molecule has 338 valence electrons. The number of aldehydes is 2. The number of esters is 2. The number of carbonyl (C=O) groups excluding carboxylic acids is 8. The monoisotopic (exact) mass is 837 g/mol. The van der Waals surface area contributed by atoms with Gasteiger partial charge in [0.15, 0.2) is 6.29 Å². The van der Waals surface area contributed by atoms with Gasteiger partial charge in [-0.05, 0) is 104 Å². The zero-order valence-electron chi connectivity index (χ0n) is 36.9. The number of ether oxygens (including phenoxy) is 4. The first-order valence-corrected chi connectivity index (χ1v) is 18.9. The van der Waals surface area contributed by atoms with E-state index in [-0.39, 0.29) is 37.9 Å². The Morgan fingerprint density at radius 3 is 1.38 bits per heavy atom. The number of hydrogen-bond donors (Lipinski definition) is 8. The first-order valence-electron chi connectivity index (χ1n) is 18.9. The van der Waals surface area contributed by atoms with Crippen molar-refractivity contribution in [3.8, 4) is 0 Å². The van der Waals surface area contributed by atoms with E-state index in [0.29, 0.717) is 32.5 Å². The van der Waals surface area contributed by atoms with Crippen molar-refractivity contribution >= 4 is 48.5 Å². The number of likely N-dealkylation sites (N-methyl/N-ethyl adjacent to an activating group) is 2. The lowest BCUT2D eigenvalue weighted by Crippen LogP contribution is -2.50. The van der Waals surface area contributed by atoms with Crippen molar-refractivity contribution in [3.63, 3.8) is 0 Å². The van der Waals surface area contributed by atoms with Gasteiger partial charge in [0.25, 0.3) is 0 Å². The minimum Gasteiger partial charge on any atom is -0.460 e. The van der Waals surface area contributed by atoms with E-state index in [1.807, 2.05) is 0 Å². The van der Waals surface area contributed by atoms with Crippen molar-refractivity contribution < 1.29 is 67.5 Å². The highest BCUT2D eigenvalue weighted by molar-refractivity contribution is 5.89. The van der Waals surface area contributed by atoms with Crippen molar-refractivity contribution in [2.45, 2.75) is 155 Å². The Kier molecular flexibility index (Phi) is 28.9. The van der Waals surface area contributed by atoms with Gasteiger partial charge < -0.3 is 70.7 Å². The average Bonchev–Trinajstić information content (AvgIpc) is 3.03. The molecule has 4 atom stereocenters. The van der Waals surface area contributed by atoms with E-state index in [9.17, 15) is 38.4 Å².